The van der Waals surface area contributed by atoms with Gasteiger partial charge in [0.15, 0.2) is 0 Å². The average molecular weight is 656 g/mol. The van der Waals surface area contributed by atoms with Crippen LogP contribution >= 0.6 is 11.8 Å². The maximum absolute atomic E-state index is 13.2. The first-order valence-corrected chi connectivity index (χ1v) is 15.5. The highest BCUT2D eigenvalue weighted by Crippen LogP contribution is 2.40. The molecule has 3 rings (SSSR count). The minimum Gasteiger partial charge on any atom is -0.427 e. The second-order valence-electron chi connectivity index (χ2n) is 10.6. The monoisotopic (exact) mass is 655 g/mol. The quantitative estimate of drug-likeness (QED) is 0.0593. The van der Waals surface area contributed by atoms with Gasteiger partial charge >= 0.3 is 11.9 Å². The number of nitrogens with one attached hydrogen (secondary N) is 1. The molecule has 2 aliphatic heterocycles. The predicted molar refractivity (Wildman–Crippen MR) is 154 cm³/mol. The zero-order chi connectivity index (χ0) is 32.8. The second-order valence-corrected chi connectivity index (χ2v) is 13.3. The smallest absolute Gasteiger partial charge is 0.358 e. The van der Waals surface area contributed by atoms with Gasteiger partial charge in [-0.3, -0.25) is 28.3 Å². The number of esters is 2. The van der Waals surface area contributed by atoms with Crippen LogP contribution in [0.3, 0.4) is 0 Å². The molecule has 1 N–H and O–H groups in total. The lowest BCUT2D eigenvalue weighted by atomic mass is 9.98. The Morgan fingerprint density at radius 2 is 1.75 bits per heavy atom. The number of hydrogen-bond donors (Lipinski definition) is 1. The van der Waals surface area contributed by atoms with Gasteiger partial charge in [0, 0.05) is 12.9 Å². The number of carbonyl (C=O) groups excluding carboxylic acids is 5. The van der Waals surface area contributed by atoms with E-state index in [4.69, 9.17) is 18.4 Å². The van der Waals surface area contributed by atoms with Crippen molar-refractivity contribution in [3.8, 4) is 0 Å². The fourth-order valence-corrected chi connectivity index (χ4v) is 6.07. The number of Topliss-reactive ketones (excluding diaryl/α,β-unsaturated/α-hetero) is 1. The van der Waals surface area contributed by atoms with Crippen molar-refractivity contribution in [3.05, 3.63) is 41.1 Å². The van der Waals surface area contributed by atoms with Gasteiger partial charge in [-0.15, -0.1) is 11.8 Å². The summed E-state index contributed by atoms with van der Waals surface area (Å²) >= 11 is 1.21. The van der Waals surface area contributed by atoms with Gasteiger partial charge in [-0.05, 0) is 45.4 Å². The summed E-state index contributed by atoms with van der Waals surface area (Å²) in [5, 5.41) is 5.01. The minimum atomic E-state index is -4.33. The first-order chi connectivity index (χ1) is 20.6. The Labute approximate surface area is 258 Å². The van der Waals surface area contributed by atoms with Crippen molar-refractivity contribution in [2.45, 2.75) is 44.0 Å². The van der Waals surface area contributed by atoms with Crippen LogP contribution in [-0.2, 0) is 57.3 Å². The highest BCUT2D eigenvalue weighted by molar-refractivity contribution is 8.00. The first kappa shape index (κ1) is 34.7. The molecule has 17 heteroatoms. The molecule has 1 aromatic rings. The van der Waals surface area contributed by atoms with Gasteiger partial charge in [0.2, 0.25) is 18.3 Å². The van der Waals surface area contributed by atoms with Gasteiger partial charge in [0.1, 0.15) is 30.8 Å². The molecular weight excluding hydrogens is 622 g/mol. The van der Waals surface area contributed by atoms with Crippen LogP contribution in [0.1, 0.15) is 26.3 Å². The van der Waals surface area contributed by atoms with E-state index in [1.807, 2.05) is 0 Å². The number of nitrogens with zero attached hydrogens (tertiary/aromatic N) is 2. The minimum absolute atomic E-state index is 0.00260. The van der Waals surface area contributed by atoms with E-state index in [2.05, 4.69) is 15.3 Å². The second kappa shape index (κ2) is 14.3. The van der Waals surface area contributed by atoms with E-state index in [-0.39, 0.29) is 23.0 Å². The van der Waals surface area contributed by atoms with Gasteiger partial charge in [-0.2, -0.15) is 8.42 Å². The van der Waals surface area contributed by atoms with Crippen molar-refractivity contribution in [1.82, 2.24) is 10.2 Å². The number of fused-ring (bicyclic) bond motifs is 1. The van der Waals surface area contributed by atoms with Crippen LogP contribution in [0.4, 0.5) is 0 Å². The van der Waals surface area contributed by atoms with Crippen molar-refractivity contribution < 1.29 is 55.6 Å². The molecule has 15 nitrogen and oxygen atoms in total. The molecule has 0 saturated carbocycles. The maximum Gasteiger partial charge on any atom is 0.358 e. The molecule has 1 unspecified atom stereocenters. The Morgan fingerprint density at radius 3 is 2.34 bits per heavy atom. The number of hydrogen-bond acceptors (Lipinski definition) is 14. The molecule has 0 radical (unpaired) electrons. The molecule has 1 saturated heterocycles. The Balaban J connectivity index is 1.68. The summed E-state index contributed by atoms with van der Waals surface area (Å²) in [5.74, 6) is -4.27. The molecule has 0 aromatic heterocycles. The average Bonchev–Trinajstić information content (AvgIpc) is 2.96. The van der Waals surface area contributed by atoms with Gasteiger partial charge < -0.3 is 24.4 Å². The molecule has 0 bridgehead atoms. The highest BCUT2D eigenvalue weighted by atomic mass is 32.2. The van der Waals surface area contributed by atoms with E-state index in [0.717, 1.165) is 17.6 Å². The summed E-state index contributed by atoms with van der Waals surface area (Å²) in [6.07, 6.45) is 0. The van der Waals surface area contributed by atoms with Gasteiger partial charge in [-0.1, -0.05) is 22.9 Å². The molecule has 0 spiro atoms. The molecule has 2 atom stereocenters. The molecule has 1 aromatic carbocycles. The van der Waals surface area contributed by atoms with Gasteiger partial charge in [0.05, 0.1) is 16.9 Å². The summed E-state index contributed by atoms with van der Waals surface area (Å²) in [5.41, 5.74) is -0.541. The van der Waals surface area contributed by atoms with Crippen LogP contribution in [0.2, 0.25) is 0 Å². The zero-order valence-electron chi connectivity index (χ0n) is 24.9. The number of amides is 2. The molecule has 1 fully saturated rings. The lowest BCUT2D eigenvalue weighted by molar-refractivity contribution is -0.173. The maximum atomic E-state index is 13.2. The Hall–Kier alpha value is -3.80. The molecule has 240 valence electrons. The van der Waals surface area contributed by atoms with Crippen molar-refractivity contribution in [2.24, 2.45) is 10.6 Å². The standard InChI is InChI=1S/C27H33N3O12S2/c1-15-7-9-17(10-8-15)44(36,37)42-12-18(31)19(29-39-6)22(32)28-20-23(33)30-21(16(11-38-5)13-43-24(20)30)25(34)40-14-41-26(35)27(2,3)4/h7-10,20,24H,11-14H2,1-6H3,(H,28,32)/b29-19-/t20?,24-/m1/s1. The van der Waals surface area contributed by atoms with Crippen LogP contribution in [0.25, 0.3) is 0 Å². The van der Waals surface area contributed by atoms with Crippen molar-refractivity contribution in [2.75, 3.05) is 40.0 Å². The topological polar surface area (TPSA) is 193 Å². The third kappa shape index (κ3) is 8.02. The lowest BCUT2D eigenvalue weighted by Crippen LogP contribution is -2.71. The number of β-lactam (4-membered cyclic amide) rings is 1. The molecule has 2 aliphatic rings. The van der Waals surface area contributed by atoms with E-state index in [9.17, 15) is 32.4 Å². The Bertz CT molecular complexity index is 1480. The van der Waals surface area contributed by atoms with Gasteiger partial charge in [0.25, 0.3) is 21.9 Å². The third-order valence-electron chi connectivity index (χ3n) is 6.15. The molecule has 2 heterocycles. The van der Waals surface area contributed by atoms with E-state index in [0.29, 0.717) is 5.57 Å². The zero-order valence-corrected chi connectivity index (χ0v) is 26.5. The number of ketones is 1. The molecule has 2 amide bonds. The first-order valence-electron chi connectivity index (χ1n) is 13.0. The number of rotatable bonds is 13. The molecule has 44 heavy (non-hydrogen) atoms. The summed E-state index contributed by atoms with van der Waals surface area (Å²) in [6.45, 7) is 4.90. The lowest BCUT2D eigenvalue weighted by Gasteiger charge is -2.49. The number of thioether (sulfide) groups is 1. The summed E-state index contributed by atoms with van der Waals surface area (Å²) in [4.78, 5) is 69.4. The summed E-state index contributed by atoms with van der Waals surface area (Å²) < 4.78 is 45.0. The normalized spacial score (nSPS) is 18.6. The number of aryl methyl sites for hydroxylation is 1. The highest BCUT2D eigenvalue weighted by Gasteiger charge is 2.55. The third-order valence-corrected chi connectivity index (χ3v) is 8.77. The van der Waals surface area contributed by atoms with Crippen molar-refractivity contribution >= 4 is 57.1 Å². The van der Waals surface area contributed by atoms with E-state index in [1.165, 1.54) is 31.0 Å². The predicted octanol–water partition coefficient (Wildman–Crippen LogP) is 0.662. The Morgan fingerprint density at radius 1 is 1.09 bits per heavy atom. The largest absolute Gasteiger partial charge is 0.427 e. The summed E-state index contributed by atoms with van der Waals surface area (Å²) in [7, 11) is -1.86. The molecular formula is C27H33N3O12S2. The number of benzene rings is 1. The van der Waals surface area contributed by atoms with Crippen LogP contribution in [0.15, 0.2) is 45.6 Å². The fourth-order valence-electron chi connectivity index (χ4n) is 3.87. The summed E-state index contributed by atoms with van der Waals surface area (Å²) in [6, 6.07) is 4.51. The van der Waals surface area contributed by atoms with Gasteiger partial charge in [-0.25, -0.2) is 4.79 Å². The number of carbonyl (C=O) groups is 5. The van der Waals surface area contributed by atoms with Crippen LogP contribution in [-0.4, -0.2) is 100.0 Å². The number of methoxy groups -OCH3 is 1. The van der Waals surface area contributed by atoms with Crippen LogP contribution in [0.5, 0.6) is 0 Å². The molecule has 0 aliphatic carbocycles. The van der Waals surface area contributed by atoms with E-state index >= 15 is 0 Å². The Kier molecular flexibility index (Phi) is 11.3. The van der Waals surface area contributed by atoms with Crippen molar-refractivity contribution in [3.63, 3.8) is 0 Å². The van der Waals surface area contributed by atoms with Crippen molar-refractivity contribution in [1.29, 1.82) is 0 Å². The van der Waals surface area contributed by atoms with Crippen LogP contribution in [0, 0.1) is 12.3 Å². The number of ether oxygens (including phenoxy) is 3. The van der Waals surface area contributed by atoms with E-state index < -0.39 is 75.6 Å². The van der Waals surface area contributed by atoms with Crippen LogP contribution < -0.4 is 5.32 Å². The SMILES string of the molecule is COCC1=C(C(=O)OCOC(=O)C(C)(C)C)N2C(=O)C(NC(=O)/C(=N\OC)C(=O)COS(=O)(=O)c3ccc(C)cc3)[C@H]2SC1. The fraction of sp³-hybridized carbons (Fsp3) is 0.481. The number of oxime groups is 1. The van der Waals surface area contributed by atoms with E-state index in [1.54, 1.807) is 39.8 Å².